The Hall–Kier alpha value is -2.61. The molecule has 2 aliphatic carbocycles. The lowest BCUT2D eigenvalue weighted by molar-refractivity contribution is 0.00895. The van der Waals surface area contributed by atoms with Crippen molar-refractivity contribution in [3.63, 3.8) is 0 Å². The molecule has 8 bridgehead atoms. The van der Waals surface area contributed by atoms with Gasteiger partial charge in [0, 0.05) is 23.7 Å². The van der Waals surface area contributed by atoms with Gasteiger partial charge < -0.3 is 20.1 Å². The van der Waals surface area contributed by atoms with E-state index in [-0.39, 0.29) is 24.3 Å². The number of H-pyrrole nitrogens is 1. The number of nitrogens with one attached hydrogen (secondary N) is 3. The van der Waals surface area contributed by atoms with E-state index in [4.69, 9.17) is 9.47 Å². The van der Waals surface area contributed by atoms with Gasteiger partial charge in [-0.3, -0.25) is 5.10 Å². The summed E-state index contributed by atoms with van der Waals surface area (Å²) < 4.78 is 11.8. The van der Waals surface area contributed by atoms with Crippen molar-refractivity contribution in [2.75, 3.05) is 5.32 Å². The fraction of sp³-hybridized carbons (Fsp3) is 0.571. The monoisotopic (exact) mass is 397 g/mol. The Morgan fingerprint density at radius 2 is 1.86 bits per heavy atom. The fourth-order valence-electron chi connectivity index (χ4n) is 4.63. The van der Waals surface area contributed by atoms with Crippen LogP contribution in [-0.2, 0) is 16.1 Å². The molecule has 6 rings (SSSR count). The maximum absolute atomic E-state index is 12.3. The predicted octanol–water partition coefficient (Wildman–Crippen LogP) is 3.75. The Labute approximate surface area is 169 Å². The number of aromatic nitrogens is 3. The summed E-state index contributed by atoms with van der Waals surface area (Å²) >= 11 is 0. The molecule has 4 heterocycles. The molecule has 0 saturated heterocycles. The number of hydrogen-bond acceptors (Lipinski definition) is 6. The van der Waals surface area contributed by atoms with E-state index < -0.39 is 0 Å². The van der Waals surface area contributed by atoms with Crippen LogP contribution >= 0.6 is 0 Å². The normalized spacial score (nSPS) is 29.7. The Balaban J connectivity index is 1.36. The molecule has 29 heavy (non-hydrogen) atoms. The van der Waals surface area contributed by atoms with Gasteiger partial charge in [-0.05, 0) is 57.1 Å². The molecule has 8 nitrogen and oxygen atoms in total. The van der Waals surface area contributed by atoms with Gasteiger partial charge in [0.15, 0.2) is 5.82 Å². The van der Waals surface area contributed by atoms with E-state index in [1.54, 1.807) is 0 Å². The van der Waals surface area contributed by atoms with Gasteiger partial charge in [-0.25, -0.2) is 9.78 Å². The van der Waals surface area contributed by atoms with Crippen LogP contribution in [0.5, 0.6) is 0 Å². The molecule has 8 heteroatoms. The first-order valence-electron chi connectivity index (χ1n) is 10.6. The van der Waals surface area contributed by atoms with Crippen LogP contribution in [-0.4, -0.2) is 39.5 Å². The highest BCUT2D eigenvalue weighted by atomic mass is 16.6. The summed E-state index contributed by atoms with van der Waals surface area (Å²) in [6.07, 6.45) is 6.26. The molecule has 2 aliphatic heterocycles. The van der Waals surface area contributed by atoms with E-state index in [2.05, 4.69) is 25.8 Å². The van der Waals surface area contributed by atoms with Crippen LogP contribution in [0, 0.1) is 0 Å². The number of carbonyl (C=O) groups is 1. The molecule has 2 saturated carbocycles. The van der Waals surface area contributed by atoms with Gasteiger partial charge in [0.2, 0.25) is 0 Å². The van der Waals surface area contributed by atoms with E-state index in [9.17, 15) is 4.79 Å². The minimum atomic E-state index is -0.287. The first kappa shape index (κ1) is 18.4. The molecule has 2 atom stereocenters. The maximum atomic E-state index is 12.3. The van der Waals surface area contributed by atoms with E-state index in [1.807, 2.05) is 24.3 Å². The zero-order valence-electron chi connectivity index (χ0n) is 16.4. The molecule has 0 spiro atoms. The quantitative estimate of drug-likeness (QED) is 0.626. The Morgan fingerprint density at radius 3 is 2.76 bits per heavy atom. The summed E-state index contributed by atoms with van der Waals surface area (Å²) in [5.74, 6) is 1.82. The number of ether oxygens (including phenoxy) is 2. The van der Waals surface area contributed by atoms with Crippen LogP contribution in [0.15, 0.2) is 24.3 Å². The second kappa shape index (κ2) is 8.02. The zero-order chi connectivity index (χ0) is 19.6. The number of anilines is 2. The van der Waals surface area contributed by atoms with Crippen LogP contribution in [0.3, 0.4) is 0 Å². The minimum absolute atomic E-state index is 0.0418. The Morgan fingerprint density at radius 1 is 1.00 bits per heavy atom. The molecular weight excluding hydrogens is 370 g/mol. The standard InChI is InChI=1S/C21H27N5O3/c27-21-23-14-5-8-16(9-6-14)28-12-15-2-1-3-19(22-15)24-20-11-18(25-26-20)13-4-7-17(10-13)29-21/h1-3,11,13-14,16-17H,4-10,12H2,(H,23,27)(H2,22,24,25,26)/t13-,14?,16?,17+/m0/s1. The summed E-state index contributed by atoms with van der Waals surface area (Å²) in [4.78, 5) is 17.0. The lowest BCUT2D eigenvalue weighted by Gasteiger charge is -2.29. The van der Waals surface area contributed by atoms with Crippen LogP contribution < -0.4 is 10.6 Å². The molecule has 4 aliphatic rings. The summed E-state index contributed by atoms with van der Waals surface area (Å²) in [6.45, 7) is 0.482. The molecular formula is C21H27N5O3. The van der Waals surface area contributed by atoms with Crippen molar-refractivity contribution in [2.45, 2.75) is 75.7 Å². The van der Waals surface area contributed by atoms with Gasteiger partial charge in [-0.15, -0.1) is 0 Å². The number of alkyl carbamates (subject to hydrolysis) is 1. The second-order valence-corrected chi connectivity index (χ2v) is 8.31. The fourth-order valence-corrected chi connectivity index (χ4v) is 4.63. The van der Waals surface area contributed by atoms with E-state index in [1.165, 1.54) is 0 Å². The van der Waals surface area contributed by atoms with Gasteiger partial charge in [0.1, 0.15) is 11.9 Å². The van der Waals surface area contributed by atoms with Gasteiger partial charge >= 0.3 is 6.09 Å². The third kappa shape index (κ3) is 4.37. The second-order valence-electron chi connectivity index (χ2n) is 8.31. The summed E-state index contributed by atoms with van der Waals surface area (Å²) in [5, 5.41) is 13.8. The van der Waals surface area contributed by atoms with Gasteiger partial charge in [-0.2, -0.15) is 5.10 Å². The number of aromatic amines is 1. The summed E-state index contributed by atoms with van der Waals surface area (Å²) in [7, 11) is 0. The topological polar surface area (TPSA) is 101 Å². The Kier molecular flexibility index (Phi) is 5.10. The SMILES string of the molecule is O=C1NC2CCC(CC2)OCc2cccc(n2)Nc2cc([nH]n2)[C@H]2CC[C@H](C2)O1. The average molecular weight is 397 g/mol. The number of hydrogen-bond donors (Lipinski definition) is 3. The molecule has 2 aromatic rings. The van der Waals surface area contributed by atoms with Gasteiger partial charge in [0.05, 0.1) is 18.4 Å². The number of fused-ring (bicyclic) bond motifs is 5. The average Bonchev–Trinajstić information content (AvgIpc) is 3.37. The molecule has 0 unspecified atom stereocenters. The summed E-state index contributed by atoms with van der Waals surface area (Å²) in [6, 6.07) is 8.08. The van der Waals surface area contributed by atoms with Crippen molar-refractivity contribution < 1.29 is 14.3 Å². The maximum Gasteiger partial charge on any atom is 0.407 e. The first-order chi connectivity index (χ1) is 14.2. The van der Waals surface area contributed by atoms with Crippen molar-refractivity contribution in [1.82, 2.24) is 20.5 Å². The van der Waals surface area contributed by atoms with Crippen molar-refractivity contribution in [3.05, 3.63) is 35.7 Å². The molecule has 2 fully saturated rings. The van der Waals surface area contributed by atoms with Crippen LogP contribution in [0.1, 0.15) is 62.3 Å². The summed E-state index contributed by atoms with van der Waals surface area (Å²) in [5.41, 5.74) is 1.96. The molecule has 154 valence electrons. The molecule has 2 aromatic heterocycles. The van der Waals surface area contributed by atoms with Crippen LogP contribution in [0.2, 0.25) is 0 Å². The van der Waals surface area contributed by atoms with E-state index >= 15 is 0 Å². The van der Waals surface area contributed by atoms with Gasteiger partial charge in [0.25, 0.3) is 0 Å². The van der Waals surface area contributed by atoms with Crippen LogP contribution in [0.4, 0.5) is 16.4 Å². The van der Waals surface area contributed by atoms with E-state index in [0.29, 0.717) is 12.5 Å². The van der Waals surface area contributed by atoms with Crippen LogP contribution in [0.25, 0.3) is 0 Å². The van der Waals surface area contributed by atoms with Gasteiger partial charge in [-0.1, -0.05) is 6.07 Å². The number of amides is 1. The Bertz CT molecular complexity index is 862. The third-order valence-electron chi connectivity index (χ3n) is 6.22. The molecule has 3 N–H and O–H groups in total. The lowest BCUT2D eigenvalue weighted by atomic mass is 9.93. The third-order valence-corrected chi connectivity index (χ3v) is 6.22. The van der Waals surface area contributed by atoms with Crippen molar-refractivity contribution >= 4 is 17.7 Å². The zero-order valence-corrected chi connectivity index (χ0v) is 16.4. The minimum Gasteiger partial charge on any atom is -0.446 e. The largest absolute Gasteiger partial charge is 0.446 e. The van der Waals surface area contributed by atoms with Crippen molar-refractivity contribution in [1.29, 1.82) is 0 Å². The number of pyridine rings is 1. The highest BCUT2D eigenvalue weighted by molar-refractivity contribution is 5.67. The molecule has 0 radical (unpaired) electrons. The molecule has 0 aromatic carbocycles. The lowest BCUT2D eigenvalue weighted by Crippen LogP contribution is -2.40. The smallest absolute Gasteiger partial charge is 0.407 e. The highest BCUT2D eigenvalue weighted by Crippen LogP contribution is 2.36. The van der Waals surface area contributed by atoms with Crippen molar-refractivity contribution in [2.24, 2.45) is 0 Å². The first-order valence-corrected chi connectivity index (χ1v) is 10.6. The number of rotatable bonds is 0. The molecule has 1 amide bonds. The number of nitrogens with zero attached hydrogens (tertiary/aromatic N) is 2. The number of carbonyl (C=O) groups excluding carboxylic acids is 1. The highest BCUT2D eigenvalue weighted by Gasteiger charge is 2.31. The predicted molar refractivity (Wildman–Crippen MR) is 107 cm³/mol. The van der Waals surface area contributed by atoms with Crippen molar-refractivity contribution in [3.8, 4) is 0 Å². The van der Waals surface area contributed by atoms with E-state index in [0.717, 1.165) is 68.0 Å².